The quantitative estimate of drug-likeness (QED) is 0.674. The minimum absolute atomic E-state index is 0.0761. The van der Waals surface area contributed by atoms with Gasteiger partial charge in [-0.05, 0) is 37.8 Å². The predicted octanol–water partition coefficient (Wildman–Crippen LogP) is 0.188. The first-order valence-electron chi connectivity index (χ1n) is 8.42. The highest BCUT2D eigenvalue weighted by molar-refractivity contribution is 6.04. The summed E-state index contributed by atoms with van der Waals surface area (Å²) in [6, 6.07) is 2.58. The van der Waals surface area contributed by atoms with Crippen LogP contribution in [0.2, 0.25) is 0 Å². The molecule has 1 aromatic heterocycles. The highest BCUT2D eigenvalue weighted by Crippen LogP contribution is 2.31. The van der Waals surface area contributed by atoms with Crippen LogP contribution in [0, 0.1) is 6.92 Å². The Kier molecular flexibility index (Phi) is 4.71. The summed E-state index contributed by atoms with van der Waals surface area (Å²) < 4.78 is 0. The summed E-state index contributed by atoms with van der Waals surface area (Å²) in [6.45, 7) is 2.82. The third-order valence-electron chi connectivity index (χ3n) is 4.84. The molecule has 0 bridgehead atoms. The monoisotopic (exact) mass is 346 g/mol. The van der Waals surface area contributed by atoms with E-state index in [9.17, 15) is 19.5 Å². The summed E-state index contributed by atoms with van der Waals surface area (Å²) in [7, 11) is 0. The molecule has 2 fully saturated rings. The van der Waals surface area contributed by atoms with Crippen LogP contribution in [-0.4, -0.2) is 52.0 Å². The topological polar surface area (TPSA) is 112 Å². The molecule has 3 rings (SSSR count). The summed E-state index contributed by atoms with van der Waals surface area (Å²) in [5, 5.41) is 15.4. The van der Waals surface area contributed by atoms with Gasteiger partial charge in [-0.2, -0.15) is 0 Å². The van der Waals surface area contributed by atoms with Gasteiger partial charge in [0.05, 0.1) is 5.69 Å². The molecular formula is C17H22N4O4. The Balaban J connectivity index is 1.51. The van der Waals surface area contributed by atoms with Crippen LogP contribution in [0.25, 0.3) is 0 Å². The molecule has 8 heteroatoms. The summed E-state index contributed by atoms with van der Waals surface area (Å²) in [4.78, 5) is 40.9. The number of imide groups is 1. The number of nitrogens with one attached hydrogen (secondary N) is 2. The SMILES string of the molecule is Cc1ccc(C2(O)CCN(C(=O)CC[C@@H]3NC(=O)NC3=O)CC2)nc1. The van der Waals surface area contributed by atoms with Crippen LogP contribution in [0.5, 0.6) is 0 Å². The molecule has 0 saturated carbocycles. The molecule has 0 radical (unpaired) electrons. The molecule has 1 atom stereocenters. The lowest BCUT2D eigenvalue weighted by Gasteiger charge is -2.38. The summed E-state index contributed by atoms with van der Waals surface area (Å²) in [5.74, 6) is -0.468. The number of nitrogens with zero attached hydrogens (tertiary/aromatic N) is 2. The Hall–Kier alpha value is -2.48. The molecular weight excluding hydrogens is 324 g/mol. The van der Waals surface area contributed by atoms with Crippen molar-refractivity contribution >= 4 is 17.8 Å². The van der Waals surface area contributed by atoms with E-state index in [1.165, 1.54) is 0 Å². The van der Waals surface area contributed by atoms with Crippen LogP contribution in [0.3, 0.4) is 0 Å². The Bertz CT molecular complexity index is 680. The number of piperidine rings is 1. The first-order chi connectivity index (χ1) is 11.9. The highest BCUT2D eigenvalue weighted by Gasteiger charge is 2.37. The second kappa shape index (κ2) is 6.79. The van der Waals surface area contributed by atoms with Crippen LogP contribution in [0.4, 0.5) is 4.79 Å². The molecule has 3 N–H and O–H groups in total. The molecule has 2 aliphatic heterocycles. The average Bonchev–Trinajstić information content (AvgIpc) is 2.91. The van der Waals surface area contributed by atoms with Crippen LogP contribution in [0.15, 0.2) is 18.3 Å². The lowest BCUT2D eigenvalue weighted by molar-refractivity contribution is -0.136. The highest BCUT2D eigenvalue weighted by atomic mass is 16.3. The van der Waals surface area contributed by atoms with Gasteiger partial charge < -0.3 is 15.3 Å². The third kappa shape index (κ3) is 3.79. The van der Waals surface area contributed by atoms with E-state index in [-0.39, 0.29) is 18.7 Å². The molecule has 25 heavy (non-hydrogen) atoms. The summed E-state index contributed by atoms with van der Waals surface area (Å²) in [5.41, 5.74) is 0.655. The fourth-order valence-corrected chi connectivity index (χ4v) is 3.21. The number of aryl methyl sites for hydroxylation is 1. The second-order valence-corrected chi connectivity index (χ2v) is 6.69. The molecule has 134 valence electrons. The first-order valence-corrected chi connectivity index (χ1v) is 8.42. The average molecular weight is 346 g/mol. The predicted molar refractivity (Wildman–Crippen MR) is 88.4 cm³/mol. The number of amides is 4. The maximum Gasteiger partial charge on any atom is 0.322 e. The number of pyridine rings is 1. The molecule has 0 spiro atoms. The summed E-state index contributed by atoms with van der Waals surface area (Å²) >= 11 is 0. The Morgan fingerprint density at radius 2 is 2.08 bits per heavy atom. The molecule has 0 aliphatic carbocycles. The van der Waals surface area contributed by atoms with Gasteiger partial charge in [-0.25, -0.2) is 4.79 Å². The second-order valence-electron chi connectivity index (χ2n) is 6.69. The maximum absolute atomic E-state index is 12.3. The van der Waals surface area contributed by atoms with Crippen molar-refractivity contribution in [3.05, 3.63) is 29.6 Å². The largest absolute Gasteiger partial charge is 0.383 e. The normalized spacial score (nSPS) is 22.5. The van der Waals surface area contributed by atoms with Gasteiger partial charge in [-0.15, -0.1) is 0 Å². The Labute approximate surface area is 145 Å². The maximum atomic E-state index is 12.3. The number of aromatic nitrogens is 1. The van der Waals surface area contributed by atoms with Crippen LogP contribution < -0.4 is 10.6 Å². The lowest BCUT2D eigenvalue weighted by atomic mass is 9.87. The minimum Gasteiger partial charge on any atom is -0.383 e. The zero-order valence-electron chi connectivity index (χ0n) is 14.1. The number of rotatable bonds is 4. The zero-order valence-corrected chi connectivity index (χ0v) is 14.1. The molecule has 2 saturated heterocycles. The van der Waals surface area contributed by atoms with E-state index in [4.69, 9.17) is 0 Å². The van der Waals surface area contributed by atoms with E-state index in [1.54, 1.807) is 11.1 Å². The molecule has 0 unspecified atom stereocenters. The number of likely N-dealkylation sites (tertiary alicyclic amines) is 1. The van der Waals surface area contributed by atoms with E-state index in [1.807, 2.05) is 19.1 Å². The van der Waals surface area contributed by atoms with Gasteiger partial charge in [0, 0.05) is 25.7 Å². The van der Waals surface area contributed by atoms with Crippen LogP contribution >= 0.6 is 0 Å². The Morgan fingerprint density at radius 1 is 1.36 bits per heavy atom. The van der Waals surface area contributed by atoms with Crippen molar-refractivity contribution < 1.29 is 19.5 Å². The van der Waals surface area contributed by atoms with Crippen molar-refractivity contribution in [1.29, 1.82) is 0 Å². The van der Waals surface area contributed by atoms with Crippen LogP contribution in [-0.2, 0) is 15.2 Å². The molecule has 3 heterocycles. The van der Waals surface area contributed by atoms with E-state index in [0.29, 0.717) is 31.6 Å². The number of hydrogen-bond acceptors (Lipinski definition) is 5. The van der Waals surface area contributed by atoms with E-state index in [2.05, 4.69) is 15.6 Å². The Morgan fingerprint density at radius 3 is 2.64 bits per heavy atom. The standard InChI is InChI=1S/C17H22N4O4/c1-11-2-4-13(18-10-11)17(25)6-8-21(9-7-17)14(22)5-3-12-15(23)20-16(24)19-12/h2,4,10,12,25H,3,5-9H2,1H3,(H2,19,20,23,24)/t12-/m0/s1. The number of carbonyl (C=O) groups is 3. The van der Waals surface area contributed by atoms with Crippen molar-refractivity contribution in [1.82, 2.24) is 20.5 Å². The van der Waals surface area contributed by atoms with E-state index in [0.717, 1.165) is 5.56 Å². The molecule has 4 amide bonds. The van der Waals surface area contributed by atoms with Gasteiger partial charge >= 0.3 is 6.03 Å². The fourth-order valence-electron chi connectivity index (χ4n) is 3.21. The fraction of sp³-hybridized carbons (Fsp3) is 0.529. The van der Waals surface area contributed by atoms with Crippen molar-refractivity contribution in [2.24, 2.45) is 0 Å². The van der Waals surface area contributed by atoms with Gasteiger partial charge in [0.25, 0.3) is 5.91 Å². The third-order valence-corrected chi connectivity index (χ3v) is 4.84. The molecule has 8 nitrogen and oxygen atoms in total. The van der Waals surface area contributed by atoms with Gasteiger partial charge in [0.15, 0.2) is 0 Å². The smallest absolute Gasteiger partial charge is 0.322 e. The number of carbonyl (C=O) groups excluding carboxylic acids is 3. The molecule has 0 aromatic carbocycles. The first kappa shape index (κ1) is 17.3. The van der Waals surface area contributed by atoms with Crippen molar-refractivity contribution in [2.75, 3.05) is 13.1 Å². The minimum atomic E-state index is -1.01. The van der Waals surface area contributed by atoms with Crippen molar-refractivity contribution in [3.63, 3.8) is 0 Å². The molecule has 1 aromatic rings. The lowest BCUT2D eigenvalue weighted by Crippen LogP contribution is -2.45. The van der Waals surface area contributed by atoms with Crippen LogP contribution in [0.1, 0.15) is 36.9 Å². The van der Waals surface area contributed by atoms with E-state index < -0.39 is 23.6 Å². The number of urea groups is 1. The summed E-state index contributed by atoms with van der Waals surface area (Å²) in [6.07, 6.45) is 3.03. The van der Waals surface area contributed by atoms with E-state index >= 15 is 0 Å². The number of hydrogen-bond donors (Lipinski definition) is 3. The molecule has 2 aliphatic rings. The number of aliphatic hydroxyl groups is 1. The van der Waals surface area contributed by atoms with Gasteiger partial charge in [0.1, 0.15) is 11.6 Å². The zero-order chi connectivity index (χ0) is 18.0. The van der Waals surface area contributed by atoms with Gasteiger partial charge in [-0.3, -0.25) is 19.9 Å². The van der Waals surface area contributed by atoms with Crippen molar-refractivity contribution in [3.8, 4) is 0 Å². The van der Waals surface area contributed by atoms with Crippen molar-refractivity contribution in [2.45, 2.75) is 44.2 Å². The van der Waals surface area contributed by atoms with Gasteiger partial charge in [0.2, 0.25) is 5.91 Å². The van der Waals surface area contributed by atoms with Gasteiger partial charge in [-0.1, -0.05) is 6.07 Å².